The molecule has 15 heavy (non-hydrogen) atoms. The highest BCUT2D eigenvalue weighted by Gasteiger charge is 2.45. The van der Waals surface area contributed by atoms with Crippen LogP contribution in [0.4, 0.5) is 0 Å². The van der Waals surface area contributed by atoms with Crippen molar-refractivity contribution >= 4 is 23.6 Å². The molecule has 0 aromatic rings. The Kier molecular flexibility index (Phi) is 3.65. The average Bonchev–Trinajstić information content (AvgIpc) is 2.41. The number of esters is 1. The number of ether oxygens (including phenoxy) is 1. The molecule has 0 N–H and O–H groups in total. The molecule has 0 aromatic carbocycles. The van der Waals surface area contributed by atoms with Crippen LogP contribution in [0.3, 0.4) is 0 Å². The lowest BCUT2D eigenvalue weighted by atomic mass is 10.2. The van der Waals surface area contributed by atoms with E-state index >= 15 is 0 Å². The zero-order valence-electron chi connectivity index (χ0n) is 9.57. The molecular weight excluding hydrogens is 214 g/mol. The second-order valence-corrected chi connectivity index (χ2v) is 5.54. The Bertz CT molecular complexity index is 278. The van der Waals surface area contributed by atoms with Gasteiger partial charge in [-0.25, -0.2) is 4.79 Å². The fourth-order valence-corrected chi connectivity index (χ4v) is 3.06. The van der Waals surface area contributed by atoms with Crippen LogP contribution in [0.15, 0.2) is 0 Å². The molecule has 0 saturated carbocycles. The molecule has 86 valence electrons. The van der Waals surface area contributed by atoms with E-state index in [9.17, 15) is 9.59 Å². The highest BCUT2D eigenvalue weighted by atomic mass is 32.2. The highest BCUT2D eigenvalue weighted by Crippen LogP contribution is 2.39. The summed E-state index contributed by atoms with van der Waals surface area (Å²) in [5.41, 5.74) is 0. The van der Waals surface area contributed by atoms with Crippen LogP contribution in [0.2, 0.25) is 0 Å². The zero-order chi connectivity index (χ0) is 11.6. The summed E-state index contributed by atoms with van der Waals surface area (Å²) < 4.78 is 4.95. The summed E-state index contributed by atoms with van der Waals surface area (Å²) in [7, 11) is 0. The second-order valence-electron chi connectivity index (χ2n) is 3.91. The van der Waals surface area contributed by atoms with Crippen molar-refractivity contribution in [2.75, 3.05) is 12.4 Å². The Morgan fingerprint density at radius 1 is 1.53 bits per heavy atom. The molecule has 0 aliphatic carbocycles. The minimum absolute atomic E-state index is 0.0805. The number of nitrogens with zero attached hydrogens (tertiary/aromatic N) is 1. The summed E-state index contributed by atoms with van der Waals surface area (Å²) in [6.45, 7) is 7.49. The van der Waals surface area contributed by atoms with Gasteiger partial charge in [-0.3, -0.25) is 4.79 Å². The van der Waals surface area contributed by atoms with Gasteiger partial charge in [0.15, 0.2) is 0 Å². The average molecular weight is 231 g/mol. The van der Waals surface area contributed by atoms with Crippen molar-refractivity contribution in [1.82, 2.24) is 4.90 Å². The maximum atomic E-state index is 11.6. The van der Waals surface area contributed by atoms with Crippen molar-refractivity contribution in [2.24, 2.45) is 0 Å². The molecule has 1 aliphatic rings. The normalized spacial score (nSPS) is 24.0. The first kappa shape index (κ1) is 12.4. The summed E-state index contributed by atoms with van der Waals surface area (Å²) in [6, 6.07) is -0.428. The van der Waals surface area contributed by atoms with E-state index in [2.05, 4.69) is 0 Å². The predicted molar refractivity (Wildman–Crippen MR) is 59.5 cm³/mol. The van der Waals surface area contributed by atoms with Crippen molar-refractivity contribution < 1.29 is 14.3 Å². The SMILES string of the molecule is CCOC(=O)[C@@H]1CSC(C)(C)N1C(C)=O. The lowest BCUT2D eigenvalue weighted by Gasteiger charge is -2.32. The molecule has 1 atom stereocenters. The molecule has 1 saturated heterocycles. The molecule has 1 fully saturated rings. The molecule has 1 aliphatic heterocycles. The summed E-state index contributed by atoms with van der Waals surface area (Å²) in [5, 5.41) is 0. The van der Waals surface area contributed by atoms with Crippen LogP contribution in [0, 0.1) is 0 Å². The molecule has 5 heteroatoms. The van der Waals surface area contributed by atoms with E-state index in [1.165, 1.54) is 6.92 Å². The Labute approximate surface area is 94.3 Å². The third-order valence-corrected chi connectivity index (χ3v) is 3.77. The number of carbonyl (C=O) groups is 2. The third-order valence-electron chi connectivity index (χ3n) is 2.38. The molecule has 0 aromatic heterocycles. The fourth-order valence-electron chi connectivity index (χ4n) is 1.81. The van der Waals surface area contributed by atoms with Crippen molar-refractivity contribution in [1.29, 1.82) is 0 Å². The van der Waals surface area contributed by atoms with Crippen LogP contribution in [0.25, 0.3) is 0 Å². The lowest BCUT2D eigenvalue weighted by molar-refractivity contribution is -0.154. The molecule has 0 spiro atoms. The Balaban J connectivity index is 2.83. The summed E-state index contributed by atoms with van der Waals surface area (Å²) in [4.78, 5) is 24.4. The van der Waals surface area contributed by atoms with Gasteiger partial charge in [-0.05, 0) is 20.8 Å². The maximum absolute atomic E-state index is 11.6. The summed E-state index contributed by atoms with van der Waals surface area (Å²) in [5.74, 6) is 0.236. The van der Waals surface area contributed by atoms with Crippen LogP contribution in [0.1, 0.15) is 27.7 Å². The van der Waals surface area contributed by atoms with Crippen LogP contribution in [-0.2, 0) is 14.3 Å². The van der Waals surface area contributed by atoms with Crippen molar-refractivity contribution in [3.8, 4) is 0 Å². The van der Waals surface area contributed by atoms with Gasteiger partial charge in [-0.15, -0.1) is 11.8 Å². The van der Waals surface area contributed by atoms with Gasteiger partial charge in [0.05, 0.1) is 11.5 Å². The molecular formula is C10H17NO3S. The van der Waals surface area contributed by atoms with Gasteiger partial charge in [0.25, 0.3) is 0 Å². The fraction of sp³-hybridized carbons (Fsp3) is 0.800. The summed E-state index contributed by atoms with van der Waals surface area (Å²) in [6.07, 6.45) is 0. The monoisotopic (exact) mass is 231 g/mol. The number of carbonyl (C=O) groups excluding carboxylic acids is 2. The van der Waals surface area contributed by atoms with Crippen LogP contribution in [-0.4, -0.2) is 40.0 Å². The first-order valence-corrected chi connectivity index (χ1v) is 5.99. The van der Waals surface area contributed by atoms with Crippen LogP contribution >= 0.6 is 11.8 Å². The van der Waals surface area contributed by atoms with E-state index in [1.54, 1.807) is 23.6 Å². The van der Waals surface area contributed by atoms with E-state index in [0.29, 0.717) is 12.4 Å². The van der Waals surface area contributed by atoms with Gasteiger partial charge < -0.3 is 9.64 Å². The summed E-state index contributed by atoms with van der Waals surface area (Å²) >= 11 is 1.60. The second kappa shape index (κ2) is 4.43. The van der Waals surface area contributed by atoms with Gasteiger partial charge in [-0.2, -0.15) is 0 Å². The topological polar surface area (TPSA) is 46.6 Å². The van der Waals surface area contributed by atoms with E-state index in [4.69, 9.17) is 4.74 Å². The van der Waals surface area contributed by atoms with E-state index in [0.717, 1.165) is 0 Å². The maximum Gasteiger partial charge on any atom is 0.329 e. The van der Waals surface area contributed by atoms with E-state index in [-0.39, 0.29) is 16.7 Å². The van der Waals surface area contributed by atoms with Crippen molar-refractivity contribution in [2.45, 2.75) is 38.6 Å². The number of thioether (sulfide) groups is 1. The molecule has 1 heterocycles. The van der Waals surface area contributed by atoms with Crippen molar-refractivity contribution in [3.63, 3.8) is 0 Å². The highest BCUT2D eigenvalue weighted by molar-refractivity contribution is 8.00. The van der Waals surface area contributed by atoms with Gasteiger partial charge in [0.1, 0.15) is 6.04 Å². The first-order chi connectivity index (χ1) is 6.90. The van der Waals surface area contributed by atoms with Crippen LogP contribution < -0.4 is 0 Å². The molecule has 0 bridgehead atoms. The molecule has 4 nitrogen and oxygen atoms in total. The van der Waals surface area contributed by atoms with E-state index in [1.807, 2.05) is 13.8 Å². The number of amides is 1. The lowest BCUT2D eigenvalue weighted by Crippen LogP contribution is -2.49. The number of rotatable bonds is 2. The largest absolute Gasteiger partial charge is 0.464 e. The Morgan fingerprint density at radius 2 is 2.13 bits per heavy atom. The smallest absolute Gasteiger partial charge is 0.329 e. The Hall–Kier alpha value is -0.710. The number of hydrogen-bond donors (Lipinski definition) is 0. The quantitative estimate of drug-likeness (QED) is 0.671. The molecule has 1 rings (SSSR count). The van der Waals surface area contributed by atoms with Gasteiger partial charge in [-0.1, -0.05) is 0 Å². The molecule has 0 radical (unpaired) electrons. The zero-order valence-corrected chi connectivity index (χ0v) is 10.4. The van der Waals surface area contributed by atoms with Gasteiger partial charge in [0.2, 0.25) is 5.91 Å². The van der Waals surface area contributed by atoms with Crippen LogP contribution in [0.5, 0.6) is 0 Å². The predicted octanol–water partition coefficient (Wildman–Crippen LogP) is 1.25. The minimum atomic E-state index is -0.428. The van der Waals surface area contributed by atoms with Gasteiger partial charge >= 0.3 is 5.97 Å². The van der Waals surface area contributed by atoms with Gasteiger partial charge in [0, 0.05) is 12.7 Å². The first-order valence-electron chi connectivity index (χ1n) is 5.00. The number of hydrogen-bond acceptors (Lipinski definition) is 4. The molecule has 1 amide bonds. The van der Waals surface area contributed by atoms with E-state index < -0.39 is 6.04 Å². The molecule has 0 unspecified atom stereocenters. The third kappa shape index (κ3) is 2.45. The van der Waals surface area contributed by atoms with Crippen molar-refractivity contribution in [3.05, 3.63) is 0 Å². The Morgan fingerprint density at radius 3 is 2.60 bits per heavy atom. The minimum Gasteiger partial charge on any atom is -0.464 e. The standard InChI is InChI=1S/C10H17NO3S/c1-5-14-9(13)8-6-15-10(3,4)11(8)7(2)12/h8H,5-6H2,1-4H3/t8-/m0/s1.